The predicted octanol–water partition coefficient (Wildman–Crippen LogP) is 1.26. The third-order valence-corrected chi connectivity index (χ3v) is 2.21. The Morgan fingerprint density at radius 1 is 1.43 bits per heavy atom. The van der Waals surface area contributed by atoms with Gasteiger partial charge in [-0.25, -0.2) is 14.6 Å². The van der Waals surface area contributed by atoms with Crippen molar-refractivity contribution in [3.63, 3.8) is 0 Å². The lowest BCUT2D eigenvalue weighted by Crippen LogP contribution is -2.31. The average molecular weight is 265 g/mol. The van der Waals surface area contributed by atoms with Crippen molar-refractivity contribution in [2.45, 2.75) is 6.42 Å². The van der Waals surface area contributed by atoms with Gasteiger partial charge in [0.25, 0.3) is 0 Å². The Bertz CT molecular complexity index is 371. The summed E-state index contributed by atoms with van der Waals surface area (Å²) >= 11 is 2.89. The number of hydrogen-bond donors (Lipinski definition) is 2. The van der Waals surface area contributed by atoms with E-state index in [2.05, 4.69) is 15.9 Å². The van der Waals surface area contributed by atoms with Gasteiger partial charge in [0.15, 0.2) is 0 Å². The van der Waals surface area contributed by atoms with Gasteiger partial charge < -0.3 is 0 Å². The second-order valence-corrected chi connectivity index (χ2v) is 3.46. The molecule has 0 heterocycles. The molecule has 0 unspecified atom stereocenters. The molecule has 0 saturated carbocycles. The van der Waals surface area contributed by atoms with Crippen LogP contribution in [0.3, 0.4) is 0 Å². The van der Waals surface area contributed by atoms with Crippen molar-refractivity contribution in [1.82, 2.24) is 5.43 Å². The van der Waals surface area contributed by atoms with Crippen LogP contribution >= 0.6 is 15.9 Å². The van der Waals surface area contributed by atoms with E-state index in [1.807, 2.05) is 5.43 Å². The van der Waals surface area contributed by atoms with E-state index in [1.165, 1.54) is 6.07 Å². The summed E-state index contributed by atoms with van der Waals surface area (Å²) in [7, 11) is 0. The summed E-state index contributed by atoms with van der Waals surface area (Å²) in [6.07, 6.45) is -0.221. The topological polar surface area (TPSA) is 55.1 Å². The van der Waals surface area contributed by atoms with Crippen LogP contribution in [0.15, 0.2) is 16.6 Å². The zero-order chi connectivity index (χ0) is 10.7. The smallest absolute Gasteiger partial charge is 0.238 e. The summed E-state index contributed by atoms with van der Waals surface area (Å²) in [6.45, 7) is 0. The van der Waals surface area contributed by atoms with E-state index in [0.29, 0.717) is 6.07 Å². The summed E-state index contributed by atoms with van der Waals surface area (Å²) in [4.78, 5) is 10.8. The number of halogens is 3. The normalized spacial score (nSPS) is 10.0. The summed E-state index contributed by atoms with van der Waals surface area (Å²) in [6, 6.07) is 1.92. The standard InChI is InChI=1S/C8H7BrF2N2O/c9-5-1-4(2-8(14)13-12)6(10)3-7(5)11/h1,3H,2,12H2,(H,13,14). The largest absolute Gasteiger partial charge is 0.294 e. The molecule has 0 radical (unpaired) electrons. The van der Waals surface area contributed by atoms with E-state index in [1.54, 1.807) is 0 Å². The van der Waals surface area contributed by atoms with E-state index in [9.17, 15) is 13.6 Å². The molecule has 3 nitrogen and oxygen atoms in total. The van der Waals surface area contributed by atoms with Gasteiger partial charge in [0.1, 0.15) is 11.6 Å². The quantitative estimate of drug-likeness (QED) is 0.366. The first kappa shape index (κ1) is 11.1. The molecule has 1 aromatic rings. The first-order valence-electron chi connectivity index (χ1n) is 3.67. The van der Waals surface area contributed by atoms with Crippen molar-refractivity contribution in [2.75, 3.05) is 0 Å². The summed E-state index contributed by atoms with van der Waals surface area (Å²) in [5.74, 6) is 2.81. The van der Waals surface area contributed by atoms with Crippen LogP contribution < -0.4 is 11.3 Å². The first-order chi connectivity index (χ1) is 6.54. The molecule has 6 heteroatoms. The van der Waals surface area contributed by atoms with Gasteiger partial charge in [0.05, 0.1) is 10.9 Å². The third kappa shape index (κ3) is 2.49. The van der Waals surface area contributed by atoms with Crippen LogP contribution in [0.5, 0.6) is 0 Å². The van der Waals surface area contributed by atoms with E-state index in [0.717, 1.165) is 0 Å². The molecule has 1 rings (SSSR count). The van der Waals surface area contributed by atoms with Gasteiger partial charge in [-0.1, -0.05) is 0 Å². The molecule has 3 N–H and O–H groups in total. The van der Waals surface area contributed by atoms with Crippen molar-refractivity contribution >= 4 is 21.8 Å². The number of rotatable bonds is 2. The molecule has 0 spiro atoms. The maximum Gasteiger partial charge on any atom is 0.238 e. The number of carbonyl (C=O) groups is 1. The Hall–Kier alpha value is -1.01. The highest BCUT2D eigenvalue weighted by atomic mass is 79.9. The van der Waals surface area contributed by atoms with E-state index in [4.69, 9.17) is 5.84 Å². The second kappa shape index (κ2) is 4.47. The van der Waals surface area contributed by atoms with Crippen LogP contribution in [0.25, 0.3) is 0 Å². The lowest BCUT2D eigenvalue weighted by Gasteiger charge is -2.03. The van der Waals surface area contributed by atoms with E-state index < -0.39 is 17.5 Å². The van der Waals surface area contributed by atoms with E-state index >= 15 is 0 Å². The Kier molecular flexibility index (Phi) is 3.54. The second-order valence-electron chi connectivity index (χ2n) is 2.60. The molecular weight excluding hydrogens is 258 g/mol. The molecule has 14 heavy (non-hydrogen) atoms. The number of nitrogens with one attached hydrogen (secondary N) is 1. The van der Waals surface area contributed by atoms with Crippen molar-refractivity contribution < 1.29 is 13.6 Å². The zero-order valence-corrected chi connectivity index (χ0v) is 8.57. The molecule has 0 atom stereocenters. The van der Waals surface area contributed by atoms with Gasteiger partial charge in [-0.2, -0.15) is 0 Å². The van der Waals surface area contributed by atoms with Gasteiger partial charge in [-0.05, 0) is 27.6 Å². The van der Waals surface area contributed by atoms with Crippen LogP contribution in [0, 0.1) is 11.6 Å². The lowest BCUT2D eigenvalue weighted by atomic mass is 10.1. The van der Waals surface area contributed by atoms with Crippen LogP contribution in [0.1, 0.15) is 5.56 Å². The predicted molar refractivity (Wildman–Crippen MR) is 50.1 cm³/mol. The summed E-state index contributed by atoms with van der Waals surface area (Å²) < 4.78 is 25.9. The van der Waals surface area contributed by atoms with Crippen molar-refractivity contribution in [2.24, 2.45) is 5.84 Å². The van der Waals surface area contributed by atoms with Crippen LogP contribution in [-0.2, 0) is 11.2 Å². The number of carbonyl (C=O) groups excluding carboxylic acids is 1. The highest BCUT2D eigenvalue weighted by Gasteiger charge is 2.10. The summed E-state index contributed by atoms with van der Waals surface area (Å²) in [5, 5.41) is 0. The Morgan fingerprint density at radius 2 is 2.07 bits per heavy atom. The van der Waals surface area contributed by atoms with E-state index in [-0.39, 0.29) is 16.5 Å². The molecule has 0 bridgehead atoms. The van der Waals surface area contributed by atoms with Gasteiger partial charge in [-0.15, -0.1) is 0 Å². The molecule has 0 aromatic heterocycles. The van der Waals surface area contributed by atoms with Gasteiger partial charge in [0, 0.05) is 6.07 Å². The minimum absolute atomic E-state index is 0.0845. The number of hydrogen-bond acceptors (Lipinski definition) is 2. The van der Waals surface area contributed by atoms with Crippen LogP contribution in [0.2, 0.25) is 0 Å². The maximum atomic E-state index is 13.0. The van der Waals surface area contributed by atoms with Crippen molar-refractivity contribution in [1.29, 1.82) is 0 Å². The molecule has 1 aromatic carbocycles. The van der Waals surface area contributed by atoms with Crippen LogP contribution in [-0.4, -0.2) is 5.91 Å². The molecule has 0 saturated heterocycles. The monoisotopic (exact) mass is 264 g/mol. The molecule has 0 aliphatic heterocycles. The highest BCUT2D eigenvalue weighted by Crippen LogP contribution is 2.20. The lowest BCUT2D eigenvalue weighted by molar-refractivity contribution is -0.120. The molecule has 0 aliphatic carbocycles. The fourth-order valence-corrected chi connectivity index (χ4v) is 1.31. The Morgan fingerprint density at radius 3 is 2.64 bits per heavy atom. The fraction of sp³-hybridized carbons (Fsp3) is 0.125. The summed E-state index contributed by atoms with van der Waals surface area (Å²) in [5.41, 5.74) is 1.94. The minimum atomic E-state index is -0.769. The van der Waals surface area contributed by atoms with Crippen molar-refractivity contribution in [3.8, 4) is 0 Å². The number of nitrogens with two attached hydrogens (primary N) is 1. The number of hydrazine groups is 1. The van der Waals surface area contributed by atoms with Crippen LogP contribution in [0.4, 0.5) is 8.78 Å². The SMILES string of the molecule is NNC(=O)Cc1cc(Br)c(F)cc1F. The molecule has 0 aliphatic rings. The maximum absolute atomic E-state index is 13.0. The average Bonchev–Trinajstić information content (AvgIpc) is 2.14. The third-order valence-electron chi connectivity index (χ3n) is 1.60. The van der Waals surface area contributed by atoms with Gasteiger partial charge in [0.2, 0.25) is 5.91 Å². The molecular formula is C8H7BrF2N2O. The zero-order valence-electron chi connectivity index (χ0n) is 6.98. The molecule has 0 fully saturated rings. The minimum Gasteiger partial charge on any atom is -0.294 e. The van der Waals surface area contributed by atoms with Crippen molar-refractivity contribution in [3.05, 3.63) is 33.8 Å². The Balaban J connectivity index is 2.98. The highest BCUT2D eigenvalue weighted by molar-refractivity contribution is 9.10. The molecule has 1 amide bonds. The van der Waals surface area contributed by atoms with Gasteiger partial charge >= 0.3 is 0 Å². The Labute approximate surface area is 87.4 Å². The fourth-order valence-electron chi connectivity index (χ4n) is 0.923. The first-order valence-corrected chi connectivity index (χ1v) is 4.46. The van der Waals surface area contributed by atoms with Gasteiger partial charge in [-0.3, -0.25) is 10.2 Å². The number of amides is 1. The number of benzene rings is 1. The molecule has 76 valence electrons.